The van der Waals surface area contributed by atoms with Crippen molar-refractivity contribution >= 4 is 48.9 Å². The second kappa shape index (κ2) is 8.47. The summed E-state index contributed by atoms with van der Waals surface area (Å²) in [5.74, 6) is 0.840. The maximum Gasteiger partial charge on any atom is 0.195 e. The zero-order valence-corrected chi connectivity index (χ0v) is 19.0. The number of methoxy groups -OCH3 is 1. The number of aromatic nitrogens is 1. The molecule has 4 aromatic rings. The second-order valence-electron chi connectivity index (χ2n) is 6.04. The summed E-state index contributed by atoms with van der Waals surface area (Å²) >= 11 is 8.72. The number of nitrogens with zero attached hydrogens (tertiary/aromatic N) is 2. The van der Waals surface area contributed by atoms with Gasteiger partial charge in [-0.25, -0.2) is 4.99 Å². The van der Waals surface area contributed by atoms with Crippen LogP contribution in [0, 0.1) is 0 Å². The fourth-order valence-corrected chi connectivity index (χ4v) is 4.57. The summed E-state index contributed by atoms with van der Waals surface area (Å²) < 4.78 is 9.51. The lowest BCUT2D eigenvalue weighted by Crippen LogP contribution is -2.13. The number of thiazole rings is 1. The third-order valence-corrected chi connectivity index (χ3v) is 6.01. The molecule has 0 fully saturated rings. The molecule has 3 aromatic carbocycles. The summed E-state index contributed by atoms with van der Waals surface area (Å²) in [6.45, 7) is 0. The highest BCUT2D eigenvalue weighted by atomic mass is 79.9. The van der Waals surface area contributed by atoms with Crippen molar-refractivity contribution in [3.05, 3.63) is 91.9 Å². The van der Waals surface area contributed by atoms with Crippen molar-refractivity contribution in [1.82, 2.24) is 4.57 Å². The fraction of sp³-hybridized carbons (Fsp3) is 0.0455. The first-order valence-electron chi connectivity index (χ1n) is 8.55. The van der Waals surface area contributed by atoms with E-state index in [1.54, 1.807) is 18.4 Å². The fourth-order valence-electron chi connectivity index (χ4n) is 2.87. The van der Waals surface area contributed by atoms with Gasteiger partial charge in [0.2, 0.25) is 0 Å². The molecule has 0 unspecified atom stereocenters. The van der Waals surface area contributed by atoms with Crippen molar-refractivity contribution in [2.45, 2.75) is 0 Å². The molecule has 140 valence electrons. The molecule has 0 aliphatic rings. The van der Waals surface area contributed by atoms with Crippen LogP contribution in [0.5, 0.6) is 5.75 Å². The molecule has 3 nitrogen and oxygen atoms in total. The first-order chi connectivity index (χ1) is 13.6. The molecule has 0 bridgehead atoms. The number of rotatable bonds is 4. The molecule has 0 aliphatic carbocycles. The van der Waals surface area contributed by atoms with E-state index in [4.69, 9.17) is 9.73 Å². The SMILES string of the molecule is COc1ccc(-c2csc(=Nc3cccc(Br)c3)n2-c2cccc(Br)c2)cc1. The van der Waals surface area contributed by atoms with E-state index in [2.05, 4.69) is 66.1 Å². The highest BCUT2D eigenvalue weighted by Crippen LogP contribution is 2.27. The maximum atomic E-state index is 5.30. The monoisotopic (exact) mass is 514 g/mol. The predicted octanol–water partition coefficient (Wildman–Crippen LogP) is 6.97. The maximum absolute atomic E-state index is 5.30. The number of ether oxygens (including phenoxy) is 1. The van der Waals surface area contributed by atoms with Gasteiger partial charge in [0, 0.05) is 20.0 Å². The predicted molar refractivity (Wildman–Crippen MR) is 123 cm³/mol. The molecule has 1 heterocycles. The average Bonchev–Trinajstić information content (AvgIpc) is 3.11. The summed E-state index contributed by atoms with van der Waals surface area (Å²) in [5.41, 5.74) is 4.14. The summed E-state index contributed by atoms with van der Waals surface area (Å²) in [7, 11) is 1.68. The lowest BCUT2D eigenvalue weighted by Gasteiger charge is -2.10. The van der Waals surface area contributed by atoms with Crippen LogP contribution in [-0.4, -0.2) is 11.7 Å². The van der Waals surface area contributed by atoms with Crippen molar-refractivity contribution in [3.8, 4) is 22.7 Å². The highest BCUT2D eigenvalue weighted by Gasteiger charge is 2.11. The Kier molecular flexibility index (Phi) is 5.80. The second-order valence-corrected chi connectivity index (χ2v) is 8.71. The minimum Gasteiger partial charge on any atom is -0.497 e. The standard InChI is InChI=1S/C22H16Br2N2OS/c1-27-20-10-8-15(9-11-20)21-14-28-22(25-18-6-2-4-16(23)12-18)26(21)19-7-3-5-17(24)13-19/h2-14H,1H3. The van der Waals surface area contributed by atoms with Gasteiger partial charge in [-0.15, -0.1) is 11.3 Å². The van der Waals surface area contributed by atoms with Crippen LogP contribution in [0.15, 0.2) is 92.1 Å². The van der Waals surface area contributed by atoms with Gasteiger partial charge in [-0.05, 0) is 66.2 Å². The van der Waals surface area contributed by atoms with Crippen molar-refractivity contribution in [2.24, 2.45) is 4.99 Å². The smallest absolute Gasteiger partial charge is 0.195 e. The van der Waals surface area contributed by atoms with Crippen LogP contribution in [0.25, 0.3) is 16.9 Å². The van der Waals surface area contributed by atoms with Gasteiger partial charge >= 0.3 is 0 Å². The molecule has 1 aromatic heterocycles. The van der Waals surface area contributed by atoms with E-state index in [1.165, 1.54) is 0 Å². The van der Waals surface area contributed by atoms with E-state index in [-0.39, 0.29) is 0 Å². The Bertz CT molecular complexity index is 1180. The zero-order valence-electron chi connectivity index (χ0n) is 15.0. The number of hydrogen-bond donors (Lipinski definition) is 0. The van der Waals surface area contributed by atoms with E-state index in [0.717, 1.165) is 42.1 Å². The summed E-state index contributed by atoms with van der Waals surface area (Å²) in [6, 6.07) is 24.3. The summed E-state index contributed by atoms with van der Waals surface area (Å²) in [5, 5.41) is 2.14. The third kappa shape index (κ3) is 4.14. The number of halogens is 2. The summed E-state index contributed by atoms with van der Waals surface area (Å²) in [4.78, 5) is 5.80. The minimum atomic E-state index is 0.840. The molecule has 6 heteroatoms. The zero-order chi connectivity index (χ0) is 19.5. The Labute approximate surface area is 184 Å². The van der Waals surface area contributed by atoms with Gasteiger partial charge < -0.3 is 4.74 Å². The van der Waals surface area contributed by atoms with Crippen molar-refractivity contribution < 1.29 is 4.74 Å². The van der Waals surface area contributed by atoms with Gasteiger partial charge in [0.25, 0.3) is 0 Å². The molecule has 0 atom stereocenters. The van der Waals surface area contributed by atoms with Gasteiger partial charge in [0.15, 0.2) is 4.80 Å². The lowest BCUT2D eigenvalue weighted by atomic mass is 10.1. The van der Waals surface area contributed by atoms with E-state index < -0.39 is 0 Å². The Morgan fingerprint density at radius 2 is 1.61 bits per heavy atom. The van der Waals surface area contributed by atoms with E-state index in [9.17, 15) is 0 Å². The Morgan fingerprint density at radius 3 is 2.29 bits per heavy atom. The largest absolute Gasteiger partial charge is 0.497 e. The molecule has 0 radical (unpaired) electrons. The van der Waals surface area contributed by atoms with E-state index in [1.807, 2.05) is 48.5 Å². The van der Waals surface area contributed by atoms with Gasteiger partial charge in [0.1, 0.15) is 5.75 Å². The third-order valence-electron chi connectivity index (χ3n) is 4.19. The van der Waals surface area contributed by atoms with Crippen LogP contribution < -0.4 is 9.54 Å². The molecular formula is C22H16Br2N2OS. The van der Waals surface area contributed by atoms with Gasteiger partial charge in [-0.1, -0.05) is 44.0 Å². The average molecular weight is 516 g/mol. The molecule has 0 aliphatic heterocycles. The van der Waals surface area contributed by atoms with Gasteiger partial charge in [0.05, 0.1) is 18.5 Å². The van der Waals surface area contributed by atoms with Crippen LogP contribution in [-0.2, 0) is 0 Å². The van der Waals surface area contributed by atoms with Gasteiger partial charge in [-0.3, -0.25) is 4.57 Å². The van der Waals surface area contributed by atoms with Crippen molar-refractivity contribution in [1.29, 1.82) is 0 Å². The quantitative estimate of drug-likeness (QED) is 0.288. The Morgan fingerprint density at radius 1 is 0.893 bits per heavy atom. The van der Waals surface area contributed by atoms with Crippen molar-refractivity contribution in [2.75, 3.05) is 7.11 Å². The van der Waals surface area contributed by atoms with E-state index >= 15 is 0 Å². The number of benzene rings is 3. The van der Waals surface area contributed by atoms with E-state index in [0.29, 0.717) is 0 Å². The lowest BCUT2D eigenvalue weighted by molar-refractivity contribution is 0.415. The summed E-state index contributed by atoms with van der Waals surface area (Å²) in [6.07, 6.45) is 0. The van der Waals surface area contributed by atoms with Crippen LogP contribution >= 0.6 is 43.2 Å². The molecule has 0 spiro atoms. The number of hydrogen-bond acceptors (Lipinski definition) is 3. The Balaban J connectivity index is 1.93. The van der Waals surface area contributed by atoms with Crippen LogP contribution in [0.1, 0.15) is 0 Å². The molecule has 0 saturated heterocycles. The molecule has 28 heavy (non-hydrogen) atoms. The molecule has 0 amide bonds. The molecule has 0 N–H and O–H groups in total. The Hall–Kier alpha value is -2.15. The molecular weight excluding hydrogens is 500 g/mol. The van der Waals surface area contributed by atoms with Crippen LogP contribution in [0.2, 0.25) is 0 Å². The minimum absolute atomic E-state index is 0.840. The molecule has 4 rings (SSSR count). The topological polar surface area (TPSA) is 26.5 Å². The van der Waals surface area contributed by atoms with Crippen LogP contribution in [0.4, 0.5) is 5.69 Å². The normalized spacial score (nSPS) is 11.6. The molecule has 0 saturated carbocycles. The van der Waals surface area contributed by atoms with Crippen molar-refractivity contribution in [3.63, 3.8) is 0 Å². The first-order valence-corrected chi connectivity index (χ1v) is 11.0. The first kappa shape index (κ1) is 19.2. The van der Waals surface area contributed by atoms with Gasteiger partial charge in [-0.2, -0.15) is 0 Å². The van der Waals surface area contributed by atoms with Crippen LogP contribution in [0.3, 0.4) is 0 Å². The highest BCUT2D eigenvalue weighted by molar-refractivity contribution is 9.10.